The van der Waals surface area contributed by atoms with Gasteiger partial charge < -0.3 is 10.3 Å². The summed E-state index contributed by atoms with van der Waals surface area (Å²) in [5.41, 5.74) is 9.01. The number of benzene rings is 1. The van der Waals surface area contributed by atoms with Crippen LogP contribution in [-0.4, -0.2) is 20.4 Å². The smallest absolute Gasteiger partial charge is 0.198 e. The van der Waals surface area contributed by atoms with Gasteiger partial charge in [0.2, 0.25) is 0 Å². The third kappa shape index (κ3) is 4.01. The molecule has 10 heteroatoms. The molecule has 0 aliphatic rings. The van der Waals surface area contributed by atoms with Crippen molar-refractivity contribution in [3.8, 4) is 11.3 Å². The Morgan fingerprint density at radius 2 is 2.11 bits per heavy atom. The summed E-state index contributed by atoms with van der Waals surface area (Å²) in [6, 6.07) is 1.91. The Bertz CT molecular complexity index is 1140. The third-order valence-electron chi connectivity index (χ3n) is 3.77. The first kappa shape index (κ1) is 19.1. The van der Waals surface area contributed by atoms with E-state index in [1.807, 2.05) is 6.92 Å². The monoisotopic (exact) mass is 407 g/mol. The zero-order valence-electron chi connectivity index (χ0n) is 14.4. The summed E-state index contributed by atoms with van der Waals surface area (Å²) in [5, 5.41) is 6.62. The number of nitrogens with zero attached hydrogens (tertiary/aromatic N) is 3. The first-order chi connectivity index (χ1) is 12.8. The number of nitrogens with two attached hydrogens (primary N) is 1. The Kier molecular flexibility index (Phi) is 5.29. The van der Waals surface area contributed by atoms with Crippen LogP contribution >= 0.6 is 23.6 Å². The van der Waals surface area contributed by atoms with Crippen LogP contribution < -0.4 is 16.6 Å². The number of pyridine rings is 1. The van der Waals surface area contributed by atoms with Crippen molar-refractivity contribution in [3.63, 3.8) is 0 Å². The summed E-state index contributed by atoms with van der Waals surface area (Å²) in [4.78, 5) is 17.2. The Morgan fingerprint density at radius 1 is 1.41 bits per heavy atom. The second-order valence-corrected chi connectivity index (χ2v) is 7.36. The Hall–Kier alpha value is -2.72. The lowest BCUT2D eigenvalue weighted by Gasteiger charge is -2.13. The minimum Gasteiger partial charge on any atom is -0.375 e. The van der Waals surface area contributed by atoms with Crippen molar-refractivity contribution in [2.45, 2.75) is 20.4 Å². The fourth-order valence-corrected chi connectivity index (χ4v) is 3.28. The summed E-state index contributed by atoms with van der Waals surface area (Å²) in [6.07, 6.45) is 1.57. The van der Waals surface area contributed by atoms with E-state index in [9.17, 15) is 13.6 Å². The van der Waals surface area contributed by atoms with Gasteiger partial charge >= 0.3 is 0 Å². The van der Waals surface area contributed by atoms with Gasteiger partial charge in [-0.1, -0.05) is 0 Å². The van der Waals surface area contributed by atoms with Gasteiger partial charge in [0, 0.05) is 23.0 Å². The van der Waals surface area contributed by atoms with Gasteiger partial charge in [0.05, 0.1) is 34.0 Å². The fourth-order valence-electron chi connectivity index (χ4n) is 2.62. The minimum atomic E-state index is -1.08. The molecule has 3 N–H and O–H groups in total. The van der Waals surface area contributed by atoms with Crippen molar-refractivity contribution in [1.82, 2.24) is 15.0 Å². The number of halogens is 2. The number of hydrogen-bond acceptors (Lipinski definition) is 5. The lowest BCUT2D eigenvalue weighted by molar-refractivity contribution is 0.510. The number of rotatable bonds is 4. The summed E-state index contributed by atoms with van der Waals surface area (Å²) in [5.74, 6) is -2.12. The van der Waals surface area contributed by atoms with Crippen LogP contribution in [0.3, 0.4) is 0 Å². The third-order valence-corrected chi connectivity index (χ3v) is 4.64. The molecule has 140 valence electrons. The molecule has 0 atom stereocenters. The molecule has 0 radical (unpaired) electrons. The van der Waals surface area contributed by atoms with E-state index in [4.69, 9.17) is 18.0 Å². The largest absolute Gasteiger partial charge is 0.375 e. The number of thiocarbonyl (C=S) groups is 1. The molecule has 3 aromatic rings. The normalized spacial score (nSPS) is 11.8. The van der Waals surface area contributed by atoms with E-state index >= 15 is 0 Å². The number of aryl methyl sites for hydroxylation is 1. The number of nitrogens with one attached hydrogen (secondary N) is 1. The van der Waals surface area contributed by atoms with Gasteiger partial charge in [0.15, 0.2) is 22.2 Å². The van der Waals surface area contributed by atoms with Crippen molar-refractivity contribution in [2.24, 2.45) is 10.8 Å². The molecular weight excluding hydrogens is 392 g/mol. The number of hydrogen-bond donors (Lipinski definition) is 2. The molecular formula is C17H15F2N5OS2. The van der Waals surface area contributed by atoms with Crippen molar-refractivity contribution >= 4 is 45.3 Å². The van der Waals surface area contributed by atoms with E-state index in [1.54, 1.807) is 23.1 Å². The molecule has 1 aromatic carbocycles. The highest BCUT2D eigenvalue weighted by Crippen LogP contribution is 2.23. The summed E-state index contributed by atoms with van der Waals surface area (Å²) in [6.45, 7) is 3.73. The van der Waals surface area contributed by atoms with Crippen LogP contribution in [0.5, 0.6) is 0 Å². The van der Waals surface area contributed by atoms with Crippen LogP contribution in [0.1, 0.15) is 11.9 Å². The van der Waals surface area contributed by atoms with Crippen LogP contribution in [0, 0.1) is 18.6 Å². The van der Waals surface area contributed by atoms with E-state index in [-0.39, 0.29) is 22.6 Å². The van der Waals surface area contributed by atoms with Gasteiger partial charge in [-0.05, 0) is 32.1 Å². The molecule has 0 spiro atoms. The quantitative estimate of drug-likeness (QED) is 0.395. The minimum absolute atomic E-state index is 0.00543. The first-order valence-electron chi connectivity index (χ1n) is 7.79. The Balaban J connectivity index is 2.22. The second kappa shape index (κ2) is 7.49. The molecule has 0 aliphatic heterocycles. The maximum atomic E-state index is 13.8. The average molecular weight is 407 g/mol. The lowest BCUT2D eigenvalue weighted by atomic mass is 10.1. The second-order valence-electron chi connectivity index (χ2n) is 5.86. The van der Waals surface area contributed by atoms with Gasteiger partial charge in [-0.15, -0.1) is 11.3 Å². The van der Waals surface area contributed by atoms with Crippen LogP contribution in [0.2, 0.25) is 0 Å². The summed E-state index contributed by atoms with van der Waals surface area (Å²) in [7, 11) is 0. The van der Waals surface area contributed by atoms with Crippen molar-refractivity contribution < 1.29 is 8.78 Å². The molecule has 0 aliphatic carbocycles. The molecule has 2 aromatic heterocycles. The highest BCUT2D eigenvalue weighted by Gasteiger charge is 2.16. The number of thiazole rings is 1. The average Bonchev–Trinajstić information content (AvgIpc) is 3.03. The Labute approximate surface area is 162 Å². The molecule has 0 saturated heterocycles. The fraction of sp³-hybridized carbons (Fsp3) is 0.176. The molecule has 3 rings (SSSR count). The van der Waals surface area contributed by atoms with Gasteiger partial charge in [0.1, 0.15) is 0 Å². The van der Waals surface area contributed by atoms with E-state index in [0.29, 0.717) is 17.0 Å². The van der Waals surface area contributed by atoms with Crippen LogP contribution in [0.25, 0.3) is 22.2 Å². The zero-order chi connectivity index (χ0) is 19.7. The summed E-state index contributed by atoms with van der Waals surface area (Å²) >= 11 is 6.10. The molecule has 27 heavy (non-hydrogen) atoms. The number of hydrazone groups is 1. The van der Waals surface area contributed by atoms with E-state index in [0.717, 1.165) is 17.1 Å². The van der Waals surface area contributed by atoms with E-state index in [2.05, 4.69) is 15.5 Å². The first-order valence-corrected chi connectivity index (χ1v) is 9.08. The standard InChI is InChI=1S/C17H15F2N5OS2/c1-8(22-23-17(20)26)5-24-6-11(14-7-27-9(2)21-14)16(25)10-3-12(18)13(19)4-15(10)24/h3-4,6-7H,5H2,1-2H3,(H3,20,23,26)/b22-8+. The highest BCUT2D eigenvalue weighted by atomic mass is 32.1. The van der Waals surface area contributed by atoms with Gasteiger partial charge in [-0.3, -0.25) is 10.2 Å². The van der Waals surface area contributed by atoms with Crippen molar-refractivity contribution in [2.75, 3.05) is 0 Å². The molecule has 0 unspecified atom stereocenters. The SMILES string of the molecule is C/C(Cn1cc(-c2csc(C)n2)c(=O)c2cc(F)c(F)cc21)=N\NC(N)=S. The van der Waals surface area contributed by atoms with Crippen molar-refractivity contribution in [3.05, 3.63) is 50.6 Å². The zero-order valence-corrected chi connectivity index (χ0v) is 16.0. The molecule has 2 heterocycles. The predicted octanol–water partition coefficient (Wildman–Crippen LogP) is 2.92. The number of aromatic nitrogens is 2. The van der Waals surface area contributed by atoms with Gasteiger partial charge in [-0.2, -0.15) is 5.10 Å². The highest BCUT2D eigenvalue weighted by molar-refractivity contribution is 7.80. The number of fused-ring (bicyclic) bond motifs is 1. The van der Waals surface area contributed by atoms with E-state index in [1.165, 1.54) is 11.3 Å². The van der Waals surface area contributed by atoms with Gasteiger partial charge in [0.25, 0.3) is 0 Å². The predicted molar refractivity (Wildman–Crippen MR) is 107 cm³/mol. The molecule has 6 nitrogen and oxygen atoms in total. The topological polar surface area (TPSA) is 85.3 Å². The van der Waals surface area contributed by atoms with Crippen LogP contribution in [0.4, 0.5) is 8.78 Å². The Morgan fingerprint density at radius 3 is 2.74 bits per heavy atom. The molecule has 0 saturated carbocycles. The van der Waals surface area contributed by atoms with E-state index < -0.39 is 17.1 Å². The molecule has 0 bridgehead atoms. The van der Waals surface area contributed by atoms with Crippen molar-refractivity contribution in [1.29, 1.82) is 0 Å². The maximum absolute atomic E-state index is 13.8. The van der Waals surface area contributed by atoms with Gasteiger partial charge in [-0.25, -0.2) is 13.8 Å². The molecule has 0 amide bonds. The molecule has 0 fully saturated rings. The van der Waals surface area contributed by atoms with Crippen LogP contribution in [0.15, 0.2) is 33.6 Å². The van der Waals surface area contributed by atoms with Crippen LogP contribution in [-0.2, 0) is 6.54 Å². The maximum Gasteiger partial charge on any atom is 0.198 e. The lowest BCUT2D eigenvalue weighted by Crippen LogP contribution is -2.26. The summed E-state index contributed by atoms with van der Waals surface area (Å²) < 4.78 is 29.2.